The molecule has 1 saturated heterocycles. The predicted octanol–water partition coefficient (Wildman–Crippen LogP) is 4.76. The SMILES string of the molecule is C[C@]12CC(c3ccc(C4CC4)cc3)C3=C4CCC5(C[C@]4(O)CC[C@H]3[C@@H]1CCC2(O)C=O)OCCO5. The van der Waals surface area contributed by atoms with E-state index in [-0.39, 0.29) is 11.8 Å². The number of hydrogen-bond acceptors (Lipinski definition) is 5. The van der Waals surface area contributed by atoms with Crippen molar-refractivity contribution >= 4 is 6.29 Å². The molecule has 1 spiro atoms. The van der Waals surface area contributed by atoms with Crippen molar-refractivity contribution in [2.75, 3.05) is 13.2 Å². The molecule has 0 radical (unpaired) electrons. The number of allylic oxidation sites excluding steroid dienone is 1. The van der Waals surface area contributed by atoms with Crippen LogP contribution in [0.3, 0.4) is 0 Å². The summed E-state index contributed by atoms with van der Waals surface area (Å²) in [6, 6.07) is 9.13. The first-order valence-electron chi connectivity index (χ1n) is 13.8. The minimum Gasteiger partial charge on any atom is -0.385 e. The Labute approximate surface area is 207 Å². The number of hydrogen-bond donors (Lipinski definition) is 2. The quantitative estimate of drug-likeness (QED) is 0.484. The highest BCUT2D eigenvalue weighted by atomic mass is 16.7. The van der Waals surface area contributed by atoms with Crippen LogP contribution in [0.5, 0.6) is 0 Å². The molecule has 2 unspecified atom stereocenters. The van der Waals surface area contributed by atoms with Gasteiger partial charge in [0, 0.05) is 24.2 Å². The molecule has 0 amide bonds. The number of aliphatic hydroxyl groups is 2. The van der Waals surface area contributed by atoms with Gasteiger partial charge in [0.25, 0.3) is 0 Å². The summed E-state index contributed by atoms with van der Waals surface area (Å²) in [6.45, 7) is 3.36. The lowest BCUT2D eigenvalue weighted by Gasteiger charge is -2.57. The smallest absolute Gasteiger partial charge is 0.171 e. The van der Waals surface area contributed by atoms with Gasteiger partial charge in [-0.3, -0.25) is 0 Å². The Bertz CT molecular complexity index is 1070. The Balaban J connectivity index is 1.35. The first-order chi connectivity index (χ1) is 16.8. The second kappa shape index (κ2) is 7.50. The van der Waals surface area contributed by atoms with Crippen LogP contribution < -0.4 is 0 Å². The third-order valence-electron chi connectivity index (χ3n) is 11.0. The highest BCUT2D eigenvalue weighted by molar-refractivity contribution is 5.66. The number of carbonyl (C=O) groups excluding carboxylic acids is 1. The molecule has 5 aliphatic carbocycles. The Morgan fingerprint density at radius 1 is 0.943 bits per heavy atom. The minimum atomic E-state index is -1.27. The van der Waals surface area contributed by atoms with Gasteiger partial charge in [0.2, 0.25) is 0 Å². The Kier molecular flexibility index (Phi) is 4.86. The van der Waals surface area contributed by atoms with Crippen molar-refractivity contribution in [2.24, 2.45) is 17.3 Å². The lowest BCUT2D eigenvalue weighted by molar-refractivity contribution is -0.208. The molecule has 0 bridgehead atoms. The van der Waals surface area contributed by atoms with E-state index in [1.54, 1.807) is 0 Å². The van der Waals surface area contributed by atoms with Gasteiger partial charge in [-0.2, -0.15) is 0 Å². The highest BCUT2D eigenvalue weighted by Crippen LogP contribution is 2.67. The van der Waals surface area contributed by atoms with E-state index in [1.807, 2.05) is 0 Å². The fraction of sp³-hybridized carbons (Fsp3) is 0.700. The molecule has 1 aromatic carbocycles. The topological polar surface area (TPSA) is 76.0 Å². The first-order valence-corrected chi connectivity index (χ1v) is 13.8. The molecule has 1 aromatic rings. The molecule has 5 fully saturated rings. The van der Waals surface area contributed by atoms with Crippen molar-refractivity contribution in [3.8, 4) is 0 Å². The van der Waals surface area contributed by atoms with E-state index in [9.17, 15) is 15.0 Å². The molecule has 4 saturated carbocycles. The molecule has 1 aliphatic heterocycles. The van der Waals surface area contributed by atoms with Gasteiger partial charge in [-0.15, -0.1) is 0 Å². The van der Waals surface area contributed by atoms with Gasteiger partial charge in [-0.25, -0.2) is 0 Å². The van der Waals surface area contributed by atoms with Crippen molar-refractivity contribution < 1.29 is 24.5 Å². The van der Waals surface area contributed by atoms with Crippen LogP contribution in [-0.2, 0) is 14.3 Å². The summed E-state index contributed by atoms with van der Waals surface area (Å²) in [7, 11) is 0. The molecule has 6 atom stereocenters. The Morgan fingerprint density at radius 2 is 1.66 bits per heavy atom. The second-order valence-corrected chi connectivity index (χ2v) is 12.7. The van der Waals surface area contributed by atoms with Crippen LogP contribution in [0.25, 0.3) is 0 Å². The van der Waals surface area contributed by atoms with Crippen LogP contribution >= 0.6 is 0 Å². The predicted molar refractivity (Wildman–Crippen MR) is 131 cm³/mol. The molecular formula is C30H38O5. The number of aldehydes is 1. The molecule has 188 valence electrons. The summed E-state index contributed by atoms with van der Waals surface area (Å²) in [5.41, 5.74) is 2.68. The summed E-state index contributed by atoms with van der Waals surface area (Å²) >= 11 is 0. The van der Waals surface area contributed by atoms with Crippen LogP contribution in [0.2, 0.25) is 0 Å². The fourth-order valence-corrected chi connectivity index (χ4v) is 8.96. The molecule has 5 nitrogen and oxygen atoms in total. The van der Waals surface area contributed by atoms with Crippen LogP contribution in [0.4, 0.5) is 0 Å². The average molecular weight is 479 g/mol. The number of rotatable bonds is 3. The van der Waals surface area contributed by atoms with Crippen LogP contribution in [0.1, 0.15) is 94.1 Å². The van der Waals surface area contributed by atoms with Gasteiger partial charge < -0.3 is 24.5 Å². The molecule has 1 heterocycles. The molecule has 7 rings (SSSR count). The van der Waals surface area contributed by atoms with Crippen LogP contribution in [0, 0.1) is 17.3 Å². The summed E-state index contributed by atoms with van der Waals surface area (Å²) in [5, 5.41) is 23.6. The fourth-order valence-electron chi connectivity index (χ4n) is 8.96. The van der Waals surface area contributed by atoms with Gasteiger partial charge in [0.05, 0.1) is 18.8 Å². The number of benzene rings is 1. The summed E-state index contributed by atoms with van der Waals surface area (Å²) in [5.74, 6) is 0.747. The van der Waals surface area contributed by atoms with Gasteiger partial charge >= 0.3 is 0 Å². The van der Waals surface area contributed by atoms with E-state index in [4.69, 9.17) is 9.47 Å². The van der Waals surface area contributed by atoms with Gasteiger partial charge in [-0.1, -0.05) is 36.8 Å². The van der Waals surface area contributed by atoms with Crippen molar-refractivity contribution in [3.05, 3.63) is 46.5 Å². The second-order valence-electron chi connectivity index (χ2n) is 12.7. The zero-order valence-corrected chi connectivity index (χ0v) is 20.8. The lowest BCUT2D eigenvalue weighted by Crippen LogP contribution is -2.56. The Hall–Kier alpha value is -1.53. The third kappa shape index (κ3) is 3.17. The first kappa shape index (κ1) is 22.7. The standard InChI is InChI=1S/C30H38O5/c1-27-16-23(21-6-4-20(5-7-21)19-2-3-19)26-22(24(27)9-12-29(27,33)18-31)8-11-28(32)17-30(13-10-25(26)28)34-14-15-35-30/h4-7,18-19,22-24,32-33H,2-3,8-17H2,1H3/t22-,23?,24-,27-,28+,29?/m0/s1. The van der Waals surface area contributed by atoms with E-state index < -0.39 is 22.4 Å². The van der Waals surface area contributed by atoms with Crippen molar-refractivity contribution in [1.82, 2.24) is 0 Å². The third-order valence-corrected chi connectivity index (χ3v) is 11.0. The molecule has 6 aliphatic rings. The Morgan fingerprint density at radius 3 is 2.34 bits per heavy atom. The van der Waals surface area contributed by atoms with E-state index in [2.05, 4.69) is 31.2 Å². The van der Waals surface area contributed by atoms with Crippen molar-refractivity contribution in [3.63, 3.8) is 0 Å². The summed E-state index contributed by atoms with van der Waals surface area (Å²) in [4.78, 5) is 12.2. The largest absolute Gasteiger partial charge is 0.385 e. The summed E-state index contributed by atoms with van der Waals surface area (Å²) in [6.07, 6.45) is 9.23. The monoisotopic (exact) mass is 478 g/mol. The van der Waals surface area contributed by atoms with Crippen molar-refractivity contribution in [1.29, 1.82) is 0 Å². The molecule has 5 heteroatoms. The average Bonchev–Trinajstić information content (AvgIpc) is 3.56. The van der Waals surface area contributed by atoms with Gasteiger partial charge in [0.1, 0.15) is 5.60 Å². The number of fused-ring (bicyclic) bond motifs is 4. The number of ether oxygens (including phenoxy) is 2. The van der Waals surface area contributed by atoms with E-state index in [0.29, 0.717) is 44.3 Å². The maximum absolute atomic E-state index is 12.2. The van der Waals surface area contributed by atoms with Gasteiger partial charge in [-0.05, 0) is 85.8 Å². The normalized spacial score (nSPS) is 44.1. The maximum atomic E-state index is 12.2. The lowest BCUT2D eigenvalue weighted by atomic mass is 9.49. The summed E-state index contributed by atoms with van der Waals surface area (Å²) < 4.78 is 12.1. The molecular weight excluding hydrogens is 440 g/mol. The van der Waals surface area contributed by atoms with Crippen molar-refractivity contribution in [2.45, 2.75) is 100.0 Å². The molecule has 35 heavy (non-hydrogen) atoms. The highest BCUT2D eigenvalue weighted by Gasteiger charge is 2.65. The van der Waals surface area contributed by atoms with E-state index in [1.165, 1.54) is 35.1 Å². The number of carbonyl (C=O) groups is 1. The van der Waals surface area contributed by atoms with Gasteiger partial charge in [0.15, 0.2) is 12.1 Å². The molecule has 0 aromatic heterocycles. The van der Waals surface area contributed by atoms with Crippen LogP contribution in [0.15, 0.2) is 35.4 Å². The maximum Gasteiger partial charge on any atom is 0.171 e. The zero-order valence-electron chi connectivity index (χ0n) is 20.8. The molecule has 2 N–H and O–H groups in total. The van der Waals surface area contributed by atoms with E-state index in [0.717, 1.165) is 38.4 Å². The van der Waals surface area contributed by atoms with E-state index >= 15 is 0 Å². The zero-order chi connectivity index (χ0) is 24.1. The minimum absolute atomic E-state index is 0.111. The van der Waals surface area contributed by atoms with Crippen LogP contribution in [-0.4, -0.2) is 46.7 Å².